The van der Waals surface area contributed by atoms with E-state index in [1.165, 1.54) is 10.6 Å². The summed E-state index contributed by atoms with van der Waals surface area (Å²) in [5.41, 5.74) is 1.28. The lowest BCUT2D eigenvalue weighted by Crippen LogP contribution is -2.32. The Hall–Kier alpha value is -3.04. The molecule has 0 aliphatic carbocycles. The monoisotopic (exact) mass is 484 g/mol. The minimum absolute atomic E-state index is 0. The molecule has 6 nitrogen and oxygen atoms in total. The Kier molecular flexibility index (Phi) is 8.51. The number of fused-ring (bicyclic) bond motifs is 1. The summed E-state index contributed by atoms with van der Waals surface area (Å²) in [7, 11) is 0. The Morgan fingerprint density at radius 2 is 1.85 bits per heavy atom. The number of halogens is 4. The Bertz CT molecular complexity index is 1140. The van der Waals surface area contributed by atoms with Gasteiger partial charge in [-0.05, 0) is 36.6 Å². The molecule has 0 bridgehead atoms. The molecule has 1 heterocycles. The van der Waals surface area contributed by atoms with Crippen molar-refractivity contribution in [3.05, 3.63) is 70.9 Å². The van der Waals surface area contributed by atoms with Gasteiger partial charge in [-0.1, -0.05) is 43.3 Å². The predicted molar refractivity (Wildman–Crippen MR) is 120 cm³/mol. The second-order valence-corrected chi connectivity index (χ2v) is 7.31. The molecule has 2 N–H and O–H groups in total. The fourth-order valence-electron chi connectivity index (χ4n) is 3.65. The number of hydrogen-bond acceptors (Lipinski definition) is 4. The van der Waals surface area contributed by atoms with Crippen LogP contribution in [0, 0.1) is 0 Å². The van der Waals surface area contributed by atoms with Crippen molar-refractivity contribution in [1.29, 1.82) is 0 Å². The van der Waals surface area contributed by atoms with Crippen LogP contribution in [0.5, 0.6) is 0 Å². The molecule has 3 aromatic rings. The number of carboxylic acid groups (broad SMARTS) is 1. The SMILES string of the molecule is CCc1c(CC(=O)O)c2ccccc2n1C(=O)OC(C)NCc1cccc(C(F)(F)F)c1.Cl. The number of nitrogens with one attached hydrogen (secondary N) is 1. The first-order valence-corrected chi connectivity index (χ1v) is 10.0. The van der Waals surface area contributed by atoms with Gasteiger partial charge in [0.25, 0.3) is 0 Å². The van der Waals surface area contributed by atoms with E-state index in [1.54, 1.807) is 37.3 Å². The Morgan fingerprint density at radius 3 is 2.48 bits per heavy atom. The van der Waals surface area contributed by atoms with Crippen LogP contribution in [-0.2, 0) is 35.1 Å². The first-order chi connectivity index (χ1) is 15.1. The number of alkyl halides is 3. The summed E-state index contributed by atoms with van der Waals surface area (Å²) in [6.45, 7) is 3.45. The number of aliphatic carboxylic acids is 1. The lowest BCUT2D eigenvalue weighted by atomic mass is 10.1. The van der Waals surface area contributed by atoms with Gasteiger partial charge in [0.05, 0.1) is 17.5 Å². The Morgan fingerprint density at radius 1 is 1.15 bits per heavy atom. The van der Waals surface area contributed by atoms with Crippen LogP contribution < -0.4 is 5.32 Å². The number of para-hydroxylation sites is 1. The minimum Gasteiger partial charge on any atom is -0.481 e. The van der Waals surface area contributed by atoms with Gasteiger partial charge in [-0.15, -0.1) is 12.4 Å². The van der Waals surface area contributed by atoms with Crippen LogP contribution in [0.3, 0.4) is 0 Å². The number of carbonyl (C=O) groups is 2. The third kappa shape index (κ3) is 6.06. The molecular weight excluding hydrogens is 461 g/mol. The molecule has 1 unspecified atom stereocenters. The average Bonchev–Trinajstić information content (AvgIpc) is 3.05. The van der Waals surface area contributed by atoms with Gasteiger partial charge < -0.3 is 9.84 Å². The van der Waals surface area contributed by atoms with Crippen molar-refractivity contribution in [3.8, 4) is 0 Å². The van der Waals surface area contributed by atoms with Crippen molar-refractivity contribution in [2.45, 2.75) is 45.6 Å². The average molecular weight is 485 g/mol. The van der Waals surface area contributed by atoms with E-state index in [9.17, 15) is 27.9 Å². The number of carboxylic acids is 1. The van der Waals surface area contributed by atoms with Gasteiger partial charge in [-0.2, -0.15) is 13.2 Å². The molecule has 0 amide bonds. The van der Waals surface area contributed by atoms with Crippen molar-refractivity contribution in [1.82, 2.24) is 9.88 Å². The summed E-state index contributed by atoms with van der Waals surface area (Å²) in [5.74, 6) is -1.01. The van der Waals surface area contributed by atoms with Gasteiger partial charge in [0.1, 0.15) is 0 Å². The summed E-state index contributed by atoms with van der Waals surface area (Å²) < 4.78 is 45.5. The molecule has 0 saturated carbocycles. The van der Waals surface area contributed by atoms with E-state index in [0.717, 1.165) is 12.1 Å². The normalized spacial score (nSPS) is 12.3. The maximum Gasteiger partial charge on any atom is 0.420 e. The molecule has 0 saturated heterocycles. The van der Waals surface area contributed by atoms with Gasteiger partial charge in [0.15, 0.2) is 6.23 Å². The predicted octanol–water partition coefficient (Wildman–Crippen LogP) is 5.39. The van der Waals surface area contributed by atoms with E-state index in [4.69, 9.17) is 4.74 Å². The standard InChI is InChI=1S/C23H23F3N2O4.ClH/c1-3-19-18(12-21(29)30)17-9-4-5-10-20(17)28(19)22(31)32-14(2)27-13-15-7-6-8-16(11-15)23(24,25)26;/h4-11,14,27H,3,12-13H2,1-2H3,(H,29,30);1H. The number of ether oxygens (including phenoxy) is 1. The second kappa shape index (κ2) is 10.7. The summed E-state index contributed by atoms with van der Waals surface area (Å²) in [4.78, 5) is 24.3. The van der Waals surface area contributed by atoms with Gasteiger partial charge in [-0.3, -0.25) is 10.1 Å². The van der Waals surface area contributed by atoms with Crippen LogP contribution in [0.15, 0.2) is 48.5 Å². The van der Waals surface area contributed by atoms with Gasteiger partial charge in [-0.25, -0.2) is 9.36 Å². The molecule has 0 aliphatic rings. The number of hydrogen-bond donors (Lipinski definition) is 2. The van der Waals surface area contributed by atoms with Crippen molar-refractivity contribution in [2.24, 2.45) is 0 Å². The largest absolute Gasteiger partial charge is 0.481 e. The lowest BCUT2D eigenvalue weighted by Gasteiger charge is -2.17. The fourth-order valence-corrected chi connectivity index (χ4v) is 3.65. The zero-order valence-electron chi connectivity index (χ0n) is 18.0. The molecule has 0 radical (unpaired) electrons. The van der Waals surface area contributed by atoms with E-state index in [1.807, 2.05) is 6.92 Å². The van der Waals surface area contributed by atoms with Crippen molar-refractivity contribution in [3.63, 3.8) is 0 Å². The molecule has 0 spiro atoms. The molecule has 3 rings (SSSR count). The zero-order chi connectivity index (χ0) is 23.5. The Labute approximate surface area is 194 Å². The lowest BCUT2D eigenvalue weighted by molar-refractivity contribution is -0.138. The summed E-state index contributed by atoms with van der Waals surface area (Å²) >= 11 is 0. The highest BCUT2D eigenvalue weighted by molar-refractivity contribution is 5.95. The van der Waals surface area contributed by atoms with Crippen LogP contribution in [0.4, 0.5) is 18.0 Å². The summed E-state index contributed by atoms with van der Waals surface area (Å²) in [5, 5.41) is 12.8. The molecule has 0 fully saturated rings. The highest BCUT2D eigenvalue weighted by Crippen LogP contribution is 2.30. The molecule has 10 heteroatoms. The maximum absolute atomic E-state index is 12.9. The van der Waals surface area contributed by atoms with E-state index >= 15 is 0 Å². The Balaban J connectivity index is 0.00000385. The maximum atomic E-state index is 12.9. The highest BCUT2D eigenvalue weighted by Gasteiger charge is 2.30. The third-order valence-corrected chi connectivity index (χ3v) is 5.06. The number of rotatable bonds is 7. The van der Waals surface area contributed by atoms with E-state index in [0.29, 0.717) is 34.1 Å². The molecule has 1 aromatic heterocycles. The topological polar surface area (TPSA) is 80.6 Å². The van der Waals surface area contributed by atoms with Gasteiger partial charge >= 0.3 is 18.2 Å². The van der Waals surface area contributed by atoms with E-state index < -0.39 is 30.0 Å². The molecule has 1 atom stereocenters. The zero-order valence-corrected chi connectivity index (χ0v) is 18.8. The fraction of sp³-hybridized carbons (Fsp3) is 0.304. The first kappa shape index (κ1) is 26.2. The first-order valence-electron chi connectivity index (χ1n) is 10.0. The molecular formula is C23H24ClF3N2O4. The third-order valence-electron chi connectivity index (χ3n) is 5.06. The number of aromatic nitrogens is 1. The number of benzene rings is 2. The van der Waals surface area contributed by atoms with Crippen LogP contribution >= 0.6 is 12.4 Å². The van der Waals surface area contributed by atoms with E-state index in [2.05, 4.69) is 5.32 Å². The minimum atomic E-state index is -4.44. The summed E-state index contributed by atoms with van der Waals surface area (Å²) in [6, 6.07) is 11.9. The van der Waals surface area contributed by atoms with Gasteiger partial charge in [0, 0.05) is 17.6 Å². The molecule has 0 aliphatic heterocycles. The quantitative estimate of drug-likeness (QED) is 0.439. The molecule has 33 heavy (non-hydrogen) atoms. The molecule has 2 aromatic carbocycles. The molecule has 178 valence electrons. The van der Waals surface area contributed by atoms with Crippen LogP contribution in [0.2, 0.25) is 0 Å². The van der Waals surface area contributed by atoms with Gasteiger partial charge in [0.2, 0.25) is 0 Å². The van der Waals surface area contributed by atoms with Crippen molar-refractivity contribution >= 4 is 35.4 Å². The second-order valence-electron chi connectivity index (χ2n) is 7.31. The smallest absolute Gasteiger partial charge is 0.420 e. The van der Waals surface area contributed by atoms with E-state index in [-0.39, 0.29) is 25.4 Å². The highest BCUT2D eigenvalue weighted by atomic mass is 35.5. The summed E-state index contributed by atoms with van der Waals surface area (Å²) in [6.07, 6.45) is -5.75. The van der Waals surface area contributed by atoms with Crippen LogP contribution in [0.1, 0.15) is 36.2 Å². The van der Waals surface area contributed by atoms with Crippen molar-refractivity contribution in [2.75, 3.05) is 0 Å². The van der Waals surface area contributed by atoms with Crippen molar-refractivity contribution < 1.29 is 32.6 Å². The van der Waals surface area contributed by atoms with Crippen LogP contribution in [-0.4, -0.2) is 28.0 Å². The number of nitrogens with zero attached hydrogens (tertiary/aromatic N) is 1. The van der Waals surface area contributed by atoms with Crippen LogP contribution in [0.25, 0.3) is 10.9 Å². The number of carbonyl (C=O) groups excluding carboxylic acids is 1.